The van der Waals surface area contributed by atoms with Crippen molar-refractivity contribution < 1.29 is 14.2 Å². The number of hydrogen-bond acceptors (Lipinski definition) is 3. The molecule has 0 atom stereocenters. The minimum Gasteiger partial charge on any atom is -0.497 e. The van der Waals surface area contributed by atoms with Crippen LogP contribution < -0.4 is 14.2 Å². The molecule has 0 heterocycles. The van der Waals surface area contributed by atoms with Crippen molar-refractivity contribution in [1.29, 1.82) is 0 Å². The third kappa shape index (κ3) is 12.9. The van der Waals surface area contributed by atoms with Crippen molar-refractivity contribution in [2.45, 2.75) is 48.5 Å². The molecule has 0 unspecified atom stereocenters. The van der Waals surface area contributed by atoms with Crippen LogP contribution in [0, 0.1) is 6.92 Å². The highest BCUT2D eigenvalue weighted by atomic mass is 16.5. The molecule has 0 fully saturated rings. The zero-order valence-corrected chi connectivity index (χ0v) is 17.3. The SMILES string of the molecule is CC.CC.CCOc1ccc(C)cc1.CCOc1ccc(OC)cc1. The molecule has 2 aromatic carbocycles. The molecule has 0 spiro atoms. The van der Waals surface area contributed by atoms with Gasteiger partial charge in [0.2, 0.25) is 0 Å². The molecule has 0 aliphatic rings. The summed E-state index contributed by atoms with van der Waals surface area (Å²) >= 11 is 0. The summed E-state index contributed by atoms with van der Waals surface area (Å²) in [4.78, 5) is 0. The highest BCUT2D eigenvalue weighted by Crippen LogP contribution is 2.16. The summed E-state index contributed by atoms with van der Waals surface area (Å²) in [5, 5.41) is 0. The molecule has 0 aromatic heterocycles. The Balaban J connectivity index is 0. The van der Waals surface area contributed by atoms with Crippen molar-refractivity contribution in [2.75, 3.05) is 20.3 Å². The van der Waals surface area contributed by atoms with E-state index >= 15 is 0 Å². The first-order chi connectivity index (χ1) is 12.2. The van der Waals surface area contributed by atoms with E-state index in [4.69, 9.17) is 14.2 Å². The fourth-order valence-corrected chi connectivity index (χ4v) is 1.64. The Hall–Kier alpha value is -2.16. The zero-order chi connectivity index (χ0) is 19.5. The second kappa shape index (κ2) is 18.2. The van der Waals surface area contributed by atoms with Crippen LogP contribution in [0.1, 0.15) is 47.1 Å². The van der Waals surface area contributed by atoms with Gasteiger partial charge in [-0.2, -0.15) is 0 Å². The van der Waals surface area contributed by atoms with E-state index in [0.717, 1.165) is 23.9 Å². The van der Waals surface area contributed by atoms with Crippen molar-refractivity contribution in [2.24, 2.45) is 0 Å². The van der Waals surface area contributed by atoms with Crippen LogP contribution in [0.5, 0.6) is 17.2 Å². The topological polar surface area (TPSA) is 27.7 Å². The van der Waals surface area contributed by atoms with Gasteiger partial charge < -0.3 is 14.2 Å². The van der Waals surface area contributed by atoms with E-state index < -0.39 is 0 Å². The van der Waals surface area contributed by atoms with Crippen LogP contribution in [0.4, 0.5) is 0 Å². The Kier molecular flexibility index (Phi) is 18.2. The lowest BCUT2D eigenvalue weighted by Crippen LogP contribution is -1.90. The molecule has 0 amide bonds. The highest BCUT2D eigenvalue weighted by Gasteiger charge is 1.91. The largest absolute Gasteiger partial charge is 0.497 e. The summed E-state index contributed by atoms with van der Waals surface area (Å²) in [6.45, 7) is 15.5. The maximum absolute atomic E-state index is 5.26. The molecule has 0 N–H and O–H groups in total. The standard InChI is InChI=1S/C9H12O2.C9H12O.2C2H6/c1-3-11-9-6-4-8(10-2)5-7-9;1-3-10-9-6-4-8(2)5-7-9;2*1-2/h4-7H,3H2,1-2H3;4-7H,3H2,1-2H3;2*1-2H3. The average molecular weight is 349 g/mol. The number of ether oxygens (including phenoxy) is 3. The van der Waals surface area contributed by atoms with Crippen molar-refractivity contribution in [3.63, 3.8) is 0 Å². The molecule has 2 rings (SSSR count). The number of methoxy groups -OCH3 is 1. The van der Waals surface area contributed by atoms with Gasteiger partial charge in [-0.05, 0) is 57.2 Å². The van der Waals surface area contributed by atoms with Crippen molar-refractivity contribution in [3.8, 4) is 17.2 Å². The van der Waals surface area contributed by atoms with Crippen LogP contribution in [0.2, 0.25) is 0 Å². The monoisotopic (exact) mass is 348 g/mol. The molecular weight excluding hydrogens is 312 g/mol. The number of rotatable bonds is 5. The number of aryl methyl sites for hydroxylation is 1. The third-order valence-corrected chi connectivity index (χ3v) is 2.70. The van der Waals surface area contributed by atoms with Gasteiger partial charge in [0.1, 0.15) is 17.2 Å². The third-order valence-electron chi connectivity index (χ3n) is 2.70. The summed E-state index contributed by atoms with van der Waals surface area (Å²) in [6, 6.07) is 15.6. The van der Waals surface area contributed by atoms with Crippen LogP contribution >= 0.6 is 0 Å². The Bertz CT molecular complexity index is 490. The predicted octanol–water partition coefficient (Wildman–Crippen LogP) is 6.54. The fraction of sp³-hybridized carbons (Fsp3) is 0.455. The molecular formula is C22H36O3. The zero-order valence-electron chi connectivity index (χ0n) is 17.3. The van der Waals surface area contributed by atoms with Gasteiger partial charge in [0, 0.05) is 0 Å². The molecule has 0 saturated carbocycles. The van der Waals surface area contributed by atoms with Crippen LogP contribution in [0.3, 0.4) is 0 Å². The fourth-order valence-electron chi connectivity index (χ4n) is 1.64. The summed E-state index contributed by atoms with van der Waals surface area (Å²) < 4.78 is 15.5. The van der Waals surface area contributed by atoms with E-state index in [0.29, 0.717) is 6.61 Å². The van der Waals surface area contributed by atoms with E-state index in [2.05, 4.69) is 6.92 Å². The summed E-state index contributed by atoms with van der Waals surface area (Å²) in [5.41, 5.74) is 1.27. The minimum atomic E-state index is 0.701. The lowest BCUT2D eigenvalue weighted by Gasteiger charge is -2.03. The molecule has 0 saturated heterocycles. The first-order valence-corrected chi connectivity index (χ1v) is 9.15. The Morgan fingerprint density at radius 1 is 0.600 bits per heavy atom. The molecule has 0 aliphatic heterocycles. The minimum absolute atomic E-state index is 0.701. The van der Waals surface area contributed by atoms with Gasteiger partial charge in [0.25, 0.3) is 0 Å². The van der Waals surface area contributed by atoms with Crippen LogP contribution in [-0.2, 0) is 0 Å². The molecule has 0 aliphatic carbocycles. The second-order valence-corrected chi connectivity index (χ2v) is 4.35. The molecule has 3 heteroatoms. The van der Waals surface area contributed by atoms with E-state index in [-0.39, 0.29) is 0 Å². The van der Waals surface area contributed by atoms with Crippen molar-refractivity contribution >= 4 is 0 Å². The summed E-state index contributed by atoms with van der Waals surface area (Å²) in [6.07, 6.45) is 0. The lowest BCUT2D eigenvalue weighted by molar-refractivity contribution is 0.339. The Morgan fingerprint density at radius 2 is 0.920 bits per heavy atom. The van der Waals surface area contributed by atoms with Crippen LogP contribution in [0.15, 0.2) is 48.5 Å². The lowest BCUT2D eigenvalue weighted by atomic mass is 10.2. The van der Waals surface area contributed by atoms with Crippen molar-refractivity contribution in [3.05, 3.63) is 54.1 Å². The van der Waals surface area contributed by atoms with Crippen LogP contribution in [-0.4, -0.2) is 20.3 Å². The molecule has 142 valence electrons. The molecule has 0 bridgehead atoms. The van der Waals surface area contributed by atoms with Gasteiger partial charge in [-0.25, -0.2) is 0 Å². The first-order valence-electron chi connectivity index (χ1n) is 9.15. The molecule has 25 heavy (non-hydrogen) atoms. The van der Waals surface area contributed by atoms with E-state index in [1.807, 2.05) is 90.1 Å². The van der Waals surface area contributed by atoms with Gasteiger partial charge in [0.05, 0.1) is 20.3 Å². The summed E-state index contributed by atoms with van der Waals surface area (Å²) in [5.74, 6) is 2.69. The quantitative estimate of drug-likeness (QED) is 0.614. The number of hydrogen-bond donors (Lipinski definition) is 0. The summed E-state index contributed by atoms with van der Waals surface area (Å²) in [7, 11) is 1.65. The Morgan fingerprint density at radius 3 is 1.24 bits per heavy atom. The highest BCUT2D eigenvalue weighted by molar-refractivity contribution is 5.31. The predicted molar refractivity (Wildman–Crippen MR) is 109 cm³/mol. The second-order valence-electron chi connectivity index (χ2n) is 4.35. The van der Waals surface area contributed by atoms with E-state index in [9.17, 15) is 0 Å². The van der Waals surface area contributed by atoms with E-state index in [1.54, 1.807) is 7.11 Å². The molecule has 0 radical (unpaired) electrons. The van der Waals surface area contributed by atoms with Crippen LogP contribution in [0.25, 0.3) is 0 Å². The Labute approximate surface area is 154 Å². The maximum atomic E-state index is 5.26. The van der Waals surface area contributed by atoms with Gasteiger partial charge in [0.15, 0.2) is 0 Å². The van der Waals surface area contributed by atoms with Crippen molar-refractivity contribution in [1.82, 2.24) is 0 Å². The van der Waals surface area contributed by atoms with Gasteiger partial charge in [-0.3, -0.25) is 0 Å². The number of benzene rings is 2. The first kappa shape index (κ1) is 25.1. The molecule has 3 nitrogen and oxygen atoms in total. The molecule has 2 aromatic rings. The average Bonchev–Trinajstić information content (AvgIpc) is 2.68. The van der Waals surface area contributed by atoms with Gasteiger partial charge in [-0.15, -0.1) is 0 Å². The normalized spacial score (nSPS) is 8.32. The smallest absolute Gasteiger partial charge is 0.119 e. The van der Waals surface area contributed by atoms with E-state index in [1.165, 1.54) is 5.56 Å². The maximum Gasteiger partial charge on any atom is 0.119 e. The van der Waals surface area contributed by atoms with Gasteiger partial charge >= 0.3 is 0 Å². The van der Waals surface area contributed by atoms with Gasteiger partial charge in [-0.1, -0.05) is 45.4 Å².